The van der Waals surface area contributed by atoms with Crippen LogP contribution in [-0.4, -0.2) is 39.8 Å². The van der Waals surface area contributed by atoms with Crippen LogP contribution in [0.5, 0.6) is 11.5 Å². The first-order chi connectivity index (χ1) is 16.6. The summed E-state index contributed by atoms with van der Waals surface area (Å²) in [4.78, 5) is 17.6. The molecular weight excluding hydrogens is 513 g/mol. The van der Waals surface area contributed by atoms with Crippen molar-refractivity contribution >= 4 is 19.9 Å². The van der Waals surface area contributed by atoms with Crippen molar-refractivity contribution in [3.8, 4) is 22.1 Å². The summed E-state index contributed by atoms with van der Waals surface area (Å²) in [6.07, 6.45) is -3.73. The van der Waals surface area contributed by atoms with Gasteiger partial charge in [0, 0.05) is 11.6 Å². The summed E-state index contributed by atoms with van der Waals surface area (Å²) in [7, 11) is -2.59. The Morgan fingerprint density at radius 1 is 1.03 bits per heavy atom. The van der Waals surface area contributed by atoms with Crippen molar-refractivity contribution < 1.29 is 41.3 Å². The Bertz CT molecular complexity index is 1100. The second-order valence-corrected chi connectivity index (χ2v) is 8.94. The number of ether oxygens (including phenoxy) is 2. The van der Waals surface area contributed by atoms with E-state index in [-0.39, 0.29) is 41.1 Å². The molecule has 1 unspecified atom stereocenters. The molecule has 0 fully saturated rings. The Balaban J connectivity index is 1.58. The molecule has 1 aromatic heterocycles. The molecule has 14 heteroatoms. The highest BCUT2D eigenvalue weighted by molar-refractivity contribution is 7.39. The number of hydrogen-bond donors (Lipinski definition) is 3. The number of aromatic nitrogens is 2. The minimum Gasteiger partial charge on any atom is -0.493 e. The van der Waals surface area contributed by atoms with E-state index in [0.717, 1.165) is 17.4 Å². The molecule has 1 atom stereocenters. The van der Waals surface area contributed by atoms with Gasteiger partial charge in [0.25, 0.3) is 0 Å². The monoisotopic (exact) mass is 535 g/mol. The lowest BCUT2D eigenvalue weighted by Crippen LogP contribution is -2.15. The van der Waals surface area contributed by atoms with Crippen molar-refractivity contribution in [2.75, 3.05) is 19.8 Å². The third-order valence-corrected chi connectivity index (χ3v) is 6.00. The summed E-state index contributed by atoms with van der Waals surface area (Å²) in [5.74, 6) is -0.361. The van der Waals surface area contributed by atoms with Gasteiger partial charge in [-0.05, 0) is 43.2 Å². The van der Waals surface area contributed by atoms with Gasteiger partial charge in [-0.1, -0.05) is 17.4 Å². The fourth-order valence-electron chi connectivity index (χ4n) is 2.86. The lowest BCUT2D eigenvalue weighted by Gasteiger charge is -2.15. The fraction of sp³-hybridized carbons (Fsp3) is 0.333. The lowest BCUT2D eigenvalue weighted by atomic mass is 10.1. The molecule has 2 aromatic carbocycles. The highest BCUT2D eigenvalue weighted by Crippen LogP contribution is 2.39. The maximum Gasteiger partial charge on any atom is 0.419 e. The molecule has 35 heavy (non-hydrogen) atoms. The number of halogens is 4. The first-order valence-corrected chi connectivity index (χ1v) is 12.2. The van der Waals surface area contributed by atoms with Crippen molar-refractivity contribution in [3.63, 3.8) is 0 Å². The molecule has 0 aliphatic heterocycles. The summed E-state index contributed by atoms with van der Waals surface area (Å²) >= 11 is 0.968. The Morgan fingerprint density at radius 2 is 1.77 bits per heavy atom. The van der Waals surface area contributed by atoms with E-state index in [1.165, 1.54) is 30.3 Å². The molecule has 190 valence electrons. The highest BCUT2D eigenvalue weighted by Gasteiger charge is 2.35. The first kappa shape index (κ1) is 27.2. The number of unbranched alkanes of at least 4 members (excludes halogenated alkanes) is 1. The summed E-state index contributed by atoms with van der Waals surface area (Å²) in [5, 5.41) is 8.21. The van der Waals surface area contributed by atoms with Crippen LogP contribution in [0.15, 0.2) is 42.5 Å². The van der Waals surface area contributed by atoms with Crippen molar-refractivity contribution in [1.82, 2.24) is 10.2 Å². The van der Waals surface area contributed by atoms with Crippen LogP contribution >= 0.6 is 19.9 Å². The van der Waals surface area contributed by atoms with Crippen molar-refractivity contribution in [2.45, 2.75) is 25.1 Å². The molecule has 0 saturated carbocycles. The van der Waals surface area contributed by atoms with Crippen LogP contribution in [0.25, 0.3) is 10.6 Å². The molecule has 8 nitrogen and oxygen atoms in total. The topological polar surface area (TPSA) is 120 Å². The zero-order valence-corrected chi connectivity index (χ0v) is 19.8. The molecule has 4 N–H and O–H groups in total. The number of alkyl halides is 3. The molecule has 3 aromatic rings. The van der Waals surface area contributed by atoms with E-state index in [0.29, 0.717) is 18.6 Å². The summed E-state index contributed by atoms with van der Waals surface area (Å²) in [6.45, 7) is 0.0644. The van der Waals surface area contributed by atoms with Gasteiger partial charge in [0.2, 0.25) is 0 Å². The Kier molecular flexibility index (Phi) is 9.72. The van der Waals surface area contributed by atoms with Crippen LogP contribution in [0.4, 0.5) is 17.6 Å². The molecule has 0 aliphatic carbocycles. The minimum atomic E-state index is -4.66. The van der Waals surface area contributed by atoms with Crippen LogP contribution in [-0.2, 0) is 10.7 Å². The van der Waals surface area contributed by atoms with E-state index < -0.39 is 32.2 Å². The highest BCUT2D eigenvalue weighted by atomic mass is 32.1. The van der Waals surface area contributed by atoms with Gasteiger partial charge < -0.3 is 29.5 Å². The molecule has 0 amide bonds. The van der Waals surface area contributed by atoms with E-state index in [1.54, 1.807) is 6.07 Å². The Labute approximate surface area is 203 Å². The first-order valence-electron chi connectivity index (χ1n) is 10.3. The Hall–Kier alpha value is -2.41. The molecule has 3 rings (SSSR count). The summed E-state index contributed by atoms with van der Waals surface area (Å²) < 4.78 is 69.5. The smallest absolute Gasteiger partial charge is 0.419 e. The van der Waals surface area contributed by atoms with Gasteiger partial charge in [-0.3, -0.25) is 0 Å². The second kappa shape index (κ2) is 12.5. The summed E-state index contributed by atoms with van der Waals surface area (Å²) in [6, 6.07) is 8.43. The van der Waals surface area contributed by atoms with Crippen LogP contribution in [0.3, 0.4) is 0 Å². The molecule has 1 heterocycles. The number of benzene rings is 2. The van der Waals surface area contributed by atoms with E-state index in [2.05, 4.69) is 14.7 Å². The van der Waals surface area contributed by atoms with Gasteiger partial charge in [0.15, 0.2) is 0 Å². The molecule has 0 bridgehead atoms. The van der Waals surface area contributed by atoms with Gasteiger partial charge >= 0.3 is 14.8 Å². The SMILES string of the molecule is NC(COP(O)O)c1nnc(-c2ccc(OCCCCOc3cccc(F)c3)c(C(F)(F)F)c2)s1. The van der Waals surface area contributed by atoms with E-state index in [9.17, 15) is 17.6 Å². The maximum atomic E-state index is 13.7. The van der Waals surface area contributed by atoms with Gasteiger partial charge in [0.05, 0.1) is 31.4 Å². The van der Waals surface area contributed by atoms with Crippen molar-refractivity contribution in [2.24, 2.45) is 5.73 Å². The average Bonchev–Trinajstić information content (AvgIpc) is 3.29. The van der Waals surface area contributed by atoms with E-state index in [4.69, 9.17) is 25.0 Å². The number of rotatable bonds is 12. The van der Waals surface area contributed by atoms with Crippen LogP contribution < -0.4 is 15.2 Å². The molecule has 0 spiro atoms. The van der Waals surface area contributed by atoms with Crippen LogP contribution in [0, 0.1) is 5.82 Å². The number of hydrogen-bond acceptors (Lipinski definition) is 9. The van der Waals surface area contributed by atoms with Crippen molar-refractivity contribution in [3.05, 3.63) is 58.9 Å². The standard InChI is InChI=1S/C21H22F4N3O5PS/c22-14-4-3-5-15(11-14)31-8-1-2-9-32-18-7-6-13(10-16(18)21(23,24)25)19-27-28-20(35-19)17(26)12-33-34(29)30/h3-7,10-11,17,29-30H,1-2,8-9,12,26H2. The average molecular weight is 535 g/mol. The Morgan fingerprint density at radius 3 is 2.46 bits per heavy atom. The van der Waals surface area contributed by atoms with E-state index >= 15 is 0 Å². The predicted molar refractivity (Wildman–Crippen MR) is 121 cm³/mol. The minimum absolute atomic E-state index is 0.0327. The fourth-order valence-corrected chi connectivity index (χ4v) is 3.98. The second-order valence-electron chi connectivity index (χ2n) is 7.17. The molecule has 0 radical (unpaired) electrons. The quantitative estimate of drug-likeness (QED) is 0.171. The van der Waals surface area contributed by atoms with Crippen LogP contribution in [0.1, 0.15) is 29.5 Å². The molecule has 0 saturated heterocycles. The zero-order chi connectivity index (χ0) is 25.4. The largest absolute Gasteiger partial charge is 0.493 e. The molecular formula is C21H22F4N3O5PS. The predicted octanol–water partition coefficient (Wildman–Crippen LogP) is 4.83. The third kappa shape index (κ3) is 8.34. The van der Waals surface area contributed by atoms with Gasteiger partial charge in [-0.15, -0.1) is 10.2 Å². The van der Waals surface area contributed by atoms with Crippen LogP contribution in [0.2, 0.25) is 0 Å². The van der Waals surface area contributed by atoms with Gasteiger partial charge in [-0.25, -0.2) is 4.39 Å². The lowest BCUT2D eigenvalue weighted by molar-refractivity contribution is -0.138. The third-order valence-electron chi connectivity index (χ3n) is 4.52. The van der Waals surface area contributed by atoms with E-state index in [1.807, 2.05) is 0 Å². The maximum absolute atomic E-state index is 13.7. The number of nitrogens with two attached hydrogens (primary N) is 1. The normalized spacial score (nSPS) is 12.7. The number of nitrogens with zero attached hydrogens (tertiary/aromatic N) is 2. The van der Waals surface area contributed by atoms with Crippen molar-refractivity contribution in [1.29, 1.82) is 0 Å². The summed E-state index contributed by atoms with van der Waals surface area (Å²) in [5.41, 5.74) is 5.05. The molecule has 0 aliphatic rings. The van der Waals surface area contributed by atoms with Gasteiger partial charge in [-0.2, -0.15) is 13.2 Å². The zero-order valence-electron chi connectivity index (χ0n) is 18.1. The van der Waals surface area contributed by atoms with Gasteiger partial charge in [0.1, 0.15) is 27.3 Å².